The lowest BCUT2D eigenvalue weighted by molar-refractivity contribution is 0.625. The van der Waals surface area contributed by atoms with E-state index in [1.54, 1.807) is 6.07 Å². The summed E-state index contributed by atoms with van der Waals surface area (Å²) >= 11 is 0. The molecule has 0 aliphatic carbocycles. The van der Waals surface area contributed by atoms with Crippen LogP contribution in [-0.2, 0) is 6.42 Å². The Morgan fingerprint density at radius 3 is 2.94 bits per heavy atom. The molecule has 0 aliphatic heterocycles. The summed E-state index contributed by atoms with van der Waals surface area (Å²) < 4.78 is 12.9. The van der Waals surface area contributed by atoms with Gasteiger partial charge in [-0.25, -0.2) is 9.37 Å². The second-order valence-electron chi connectivity index (χ2n) is 4.04. The number of aryl methyl sites for hydroxylation is 1. The topological polar surface area (TPSA) is 57.8 Å². The van der Waals surface area contributed by atoms with Gasteiger partial charge in [0, 0.05) is 12.6 Å². The number of halogens is 1. The lowest BCUT2D eigenvalue weighted by Gasteiger charge is -2.07. The van der Waals surface area contributed by atoms with Crippen molar-refractivity contribution < 1.29 is 4.39 Å². The highest BCUT2D eigenvalue weighted by Gasteiger charge is 2.00. The number of anilines is 1. The Balaban J connectivity index is 1.94. The Hall–Kier alpha value is -2.17. The Labute approximate surface area is 104 Å². The van der Waals surface area contributed by atoms with Crippen LogP contribution in [0.3, 0.4) is 0 Å². The first-order chi connectivity index (χ1) is 8.65. The molecule has 0 bridgehead atoms. The number of hydrogen-bond acceptors (Lipinski definition) is 3. The molecular weight excluding hydrogens is 233 g/mol. The van der Waals surface area contributed by atoms with Gasteiger partial charge in [-0.1, -0.05) is 6.07 Å². The first-order valence-electron chi connectivity index (χ1n) is 5.69. The highest BCUT2D eigenvalue weighted by atomic mass is 19.1. The van der Waals surface area contributed by atoms with Gasteiger partial charge in [0.25, 0.3) is 5.56 Å². The number of hydrogen-bond donors (Lipinski definition) is 2. The first-order valence-corrected chi connectivity index (χ1v) is 5.69. The fraction of sp³-hybridized carbons (Fsp3) is 0.231. The summed E-state index contributed by atoms with van der Waals surface area (Å²) in [4.78, 5) is 17.5. The van der Waals surface area contributed by atoms with Gasteiger partial charge in [0.2, 0.25) is 0 Å². The second kappa shape index (κ2) is 5.44. The molecule has 0 fully saturated rings. The van der Waals surface area contributed by atoms with Crippen LogP contribution in [0.4, 0.5) is 10.2 Å². The number of nitrogens with one attached hydrogen (secondary N) is 2. The van der Waals surface area contributed by atoms with Gasteiger partial charge < -0.3 is 10.3 Å². The number of aromatic amines is 1. The van der Waals surface area contributed by atoms with E-state index in [1.165, 1.54) is 24.5 Å². The minimum atomic E-state index is -0.222. The van der Waals surface area contributed by atoms with Crippen molar-refractivity contribution >= 4 is 5.82 Å². The number of benzene rings is 1. The van der Waals surface area contributed by atoms with Crippen LogP contribution in [0.15, 0.2) is 35.4 Å². The van der Waals surface area contributed by atoms with E-state index in [-0.39, 0.29) is 11.4 Å². The van der Waals surface area contributed by atoms with Crippen LogP contribution in [0.25, 0.3) is 0 Å². The zero-order chi connectivity index (χ0) is 13.0. The molecule has 0 saturated carbocycles. The Kier molecular flexibility index (Phi) is 3.72. The number of nitrogens with zero attached hydrogens (tertiary/aromatic N) is 1. The average Bonchev–Trinajstić information content (AvgIpc) is 2.32. The van der Waals surface area contributed by atoms with Crippen LogP contribution in [0.1, 0.15) is 11.1 Å². The van der Waals surface area contributed by atoms with E-state index in [4.69, 9.17) is 0 Å². The van der Waals surface area contributed by atoms with Crippen molar-refractivity contribution in [1.82, 2.24) is 9.97 Å². The largest absolute Gasteiger partial charge is 0.370 e. The van der Waals surface area contributed by atoms with Crippen molar-refractivity contribution in [3.8, 4) is 0 Å². The average molecular weight is 247 g/mol. The summed E-state index contributed by atoms with van der Waals surface area (Å²) in [6, 6.07) is 6.14. The molecule has 2 N–H and O–H groups in total. The van der Waals surface area contributed by atoms with Crippen LogP contribution in [0, 0.1) is 12.7 Å². The van der Waals surface area contributed by atoms with Gasteiger partial charge in [-0.15, -0.1) is 0 Å². The molecule has 5 heteroatoms. The van der Waals surface area contributed by atoms with Gasteiger partial charge in [-0.3, -0.25) is 4.79 Å². The lowest BCUT2D eigenvalue weighted by Crippen LogP contribution is -2.11. The molecule has 2 aromatic rings. The minimum Gasteiger partial charge on any atom is -0.370 e. The molecular formula is C13H14FN3O. The molecule has 18 heavy (non-hydrogen) atoms. The van der Waals surface area contributed by atoms with Gasteiger partial charge in [-0.2, -0.15) is 0 Å². The Morgan fingerprint density at radius 1 is 1.39 bits per heavy atom. The summed E-state index contributed by atoms with van der Waals surface area (Å²) in [6.45, 7) is 2.52. The second-order valence-corrected chi connectivity index (χ2v) is 4.04. The maximum absolute atomic E-state index is 12.9. The van der Waals surface area contributed by atoms with Crippen molar-refractivity contribution in [3.05, 3.63) is 57.9 Å². The van der Waals surface area contributed by atoms with E-state index in [1.807, 2.05) is 6.92 Å². The van der Waals surface area contributed by atoms with Gasteiger partial charge in [0.05, 0.1) is 6.33 Å². The highest BCUT2D eigenvalue weighted by Crippen LogP contribution is 2.10. The molecule has 1 heterocycles. The fourth-order valence-electron chi connectivity index (χ4n) is 1.73. The van der Waals surface area contributed by atoms with Crippen molar-refractivity contribution in [1.29, 1.82) is 0 Å². The summed E-state index contributed by atoms with van der Waals surface area (Å²) in [5.74, 6) is 0.319. The van der Waals surface area contributed by atoms with Crippen LogP contribution < -0.4 is 10.9 Å². The molecule has 0 radical (unpaired) electrons. The molecule has 4 nitrogen and oxygen atoms in total. The van der Waals surface area contributed by atoms with Crippen molar-refractivity contribution in [3.63, 3.8) is 0 Å². The molecule has 0 aliphatic rings. The zero-order valence-corrected chi connectivity index (χ0v) is 10.0. The summed E-state index contributed by atoms with van der Waals surface area (Å²) in [7, 11) is 0. The standard InChI is InChI=1S/C13H14FN3O/c1-9-6-11(14)3-2-10(9)4-5-15-12-7-13(18)17-8-16-12/h2-3,6-8H,4-5H2,1H3,(H2,15,16,17,18). The molecule has 1 aromatic carbocycles. The molecule has 0 amide bonds. The van der Waals surface area contributed by atoms with Gasteiger partial charge in [0.15, 0.2) is 0 Å². The maximum atomic E-state index is 12.9. The third-order valence-electron chi connectivity index (χ3n) is 2.68. The number of aromatic nitrogens is 2. The van der Waals surface area contributed by atoms with Gasteiger partial charge in [-0.05, 0) is 36.6 Å². The van der Waals surface area contributed by atoms with E-state index in [9.17, 15) is 9.18 Å². The molecule has 0 unspecified atom stereocenters. The van der Waals surface area contributed by atoms with Crippen LogP contribution >= 0.6 is 0 Å². The number of rotatable bonds is 4. The highest BCUT2D eigenvalue weighted by molar-refractivity contribution is 5.33. The quantitative estimate of drug-likeness (QED) is 0.867. The third kappa shape index (κ3) is 3.16. The predicted molar refractivity (Wildman–Crippen MR) is 68.2 cm³/mol. The third-order valence-corrected chi connectivity index (χ3v) is 2.68. The first kappa shape index (κ1) is 12.3. The normalized spacial score (nSPS) is 10.3. The maximum Gasteiger partial charge on any atom is 0.252 e. The molecule has 94 valence electrons. The van der Waals surface area contributed by atoms with E-state index in [0.717, 1.165) is 17.5 Å². The van der Waals surface area contributed by atoms with Crippen LogP contribution in [0.2, 0.25) is 0 Å². The molecule has 0 spiro atoms. The summed E-state index contributed by atoms with van der Waals surface area (Å²) in [6.07, 6.45) is 2.11. The summed E-state index contributed by atoms with van der Waals surface area (Å²) in [5, 5.41) is 3.05. The van der Waals surface area contributed by atoms with Gasteiger partial charge in [0.1, 0.15) is 11.6 Å². The lowest BCUT2D eigenvalue weighted by atomic mass is 10.1. The van der Waals surface area contributed by atoms with Crippen LogP contribution in [-0.4, -0.2) is 16.5 Å². The molecule has 2 rings (SSSR count). The van der Waals surface area contributed by atoms with E-state index in [0.29, 0.717) is 12.4 Å². The molecule has 0 saturated heterocycles. The van der Waals surface area contributed by atoms with Crippen LogP contribution in [0.5, 0.6) is 0 Å². The smallest absolute Gasteiger partial charge is 0.252 e. The fourth-order valence-corrected chi connectivity index (χ4v) is 1.73. The zero-order valence-electron chi connectivity index (χ0n) is 10.0. The number of H-pyrrole nitrogens is 1. The van der Waals surface area contributed by atoms with E-state index in [2.05, 4.69) is 15.3 Å². The SMILES string of the molecule is Cc1cc(F)ccc1CCNc1cc(=O)[nH]cn1. The molecule has 0 atom stereocenters. The molecule has 1 aromatic heterocycles. The van der Waals surface area contributed by atoms with E-state index < -0.39 is 0 Å². The predicted octanol–water partition coefficient (Wildman–Crippen LogP) is 1.87. The van der Waals surface area contributed by atoms with E-state index >= 15 is 0 Å². The van der Waals surface area contributed by atoms with Crippen molar-refractivity contribution in [2.75, 3.05) is 11.9 Å². The Morgan fingerprint density at radius 2 is 2.22 bits per heavy atom. The monoisotopic (exact) mass is 247 g/mol. The minimum absolute atomic E-state index is 0.189. The van der Waals surface area contributed by atoms with Crippen molar-refractivity contribution in [2.45, 2.75) is 13.3 Å². The van der Waals surface area contributed by atoms with Crippen molar-refractivity contribution in [2.24, 2.45) is 0 Å². The van der Waals surface area contributed by atoms with Gasteiger partial charge >= 0.3 is 0 Å². The Bertz CT molecular complexity index is 595. The summed E-state index contributed by atoms with van der Waals surface area (Å²) in [5.41, 5.74) is 1.81.